The second-order valence-electron chi connectivity index (χ2n) is 4.65. The van der Waals surface area contributed by atoms with Crippen LogP contribution in [-0.4, -0.2) is 21.5 Å². The van der Waals surface area contributed by atoms with Crippen LogP contribution >= 0.6 is 11.6 Å². The van der Waals surface area contributed by atoms with E-state index < -0.39 is 12.7 Å². The molecule has 0 saturated carbocycles. The third kappa shape index (κ3) is 3.71. The molecule has 2 rings (SSSR count). The third-order valence-corrected chi connectivity index (χ3v) is 3.61. The van der Waals surface area contributed by atoms with Crippen LogP contribution in [0.4, 0.5) is 8.78 Å². The molecule has 0 amide bonds. The summed E-state index contributed by atoms with van der Waals surface area (Å²) >= 11 is 6.11. The van der Waals surface area contributed by atoms with Gasteiger partial charge in [-0.15, -0.1) is 0 Å². The zero-order valence-electron chi connectivity index (χ0n) is 11.6. The number of alkyl halides is 2. The highest BCUT2D eigenvalue weighted by atomic mass is 35.5. The minimum Gasteiger partial charge on any atom is -0.435 e. The van der Waals surface area contributed by atoms with Crippen LogP contribution in [0.1, 0.15) is 22.9 Å². The van der Waals surface area contributed by atoms with Gasteiger partial charge in [0.2, 0.25) is 0 Å². The first-order valence-corrected chi connectivity index (χ1v) is 6.67. The maximum Gasteiger partial charge on any atom is 0.387 e. The van der Waals surface area contributed by atoms with Crippen molar-refractivity contribution in [3.05, 3.63) is 46.2 Å². The number of halogens is 3. The predicted octanol–water partition coefficient (Wildman–Crippen LogP) is 3.26. The highest BCUT2D eigenvalue weighted by Gasteiger charge is 2.17. The number of aryl methyl sites for hydroxylation is 2. The number of nitrogens with zero attached hydrogens (tertiary/aromatic N) is 2. The van der Waals surface area contributed by atoms with Crippen molar-refractivity contribution in [3.8, 4) is 5.75 Å². The molecule has 7 heteroatoms. The number of aliphatic hydroxyl groups excluding tert-OH is 1. The predicted molar refractivity (Wildman–Crippen MR) is 74.7 cm³/mol. The molecule has 4 nitrogen and oxygen atoms in total. The average Bonchev–Trinajstić information content (AvgIpc) is 2.65. The molecule has 1 aromatic heterocycles. The van der Waals surface area contributed by atoms with Gasteiger partial charge in [-0.25, -0.2) is 0 Å². The fourth-order valence-electron chi connectivity index (χ4n) is 2.11. The van der Waals surface area contributed by atoms with Gasteiger partial charge in [0.05, 0.1) is 11.8 Å². The quantitative estimate of drug-likeness (QED) is 0.921. The van der Waals surface area contributed by atoms with E-state index in [1.807, 2.05) is 0 Å². The zero-order valence-corrected chi connectivity index (χ0v) is 12.3. The Morgan fingerprint density at radius 3 is 2.71 bits per heavy atom. The summed E-state index contributed by atoms with van der Waals surface area (Å²) in [7, 11) is 1.71. The molecular weight excluding hydrogens is 302 g/mol. The summed E-state index contributed by atoms with van der Waals surface area (Å²) in [6.45, 7) is -1.10. The molecule has 0 fully saturated rings. The molecule has 0 aliphatic rings. The SMILES string of the molecule is Cc1nn(C)c(Cl)c1CC(O)c1cccc(OC(F)F)c1. The van der Waals surface area contributed by atoms with Crippen molar-refractivity contribution >= 4 is 11.6 Å². The van der Waals surface area contributed by atoms with Gasteiger partial charge in [-0.05, 0) is 24.6 Å². The first-order valence-electron chi connectivity index (χ1n) is 6.29. The van der Waals surface area contributed by atoms with Crippen LogP contribution in [-0.2, 0) is 13.5 Å². The molecule has 0 saturated heterocycles. The second-order valence-corrected chi connectivity index (χ2v) is 5.01. The summed E-state index contributed by atoms with van der Waals surface area (Å²) in [6, 6.07) is 5.98. The lowest BCUT2D eigenvalue weighted by Gasteiger charge is -2.13. The minimum absolute atomic E-state index is 0.00977. The third-order valence-electron chi connectivity index (χ3n) is 3.14. The van der Waals surface area contributed by atoms with E-state index in [2.05, 4.69) is 9.84 Å². The molecule has 0 aliphatic carbocycles. The monoisotopic (exact) mass is 316 g/mol. The second kappa shape index (κ2) is 6.41. The molecule has 0 radical (unpaired) electrons. The Morgan fingerprint density at radius 2 is 2.14 bits per heavy atom. The van der Waals surface area contributed by atoms with Crippen LogP contribution in [0.5, 0.6) is 5.75 Å². The first kappa shape index (κ1) is 15.7. The molecule has 1 unspecified atom stereocenters. The molecule has 1 heterocycles. The highest BCUT2D eigenvalue weighted by molar-refractivity contribution is 6.30. The van der Waals surface area contributed by atoms with Crippen molar-refractivity contribution in [2.24, 2.45) is 7.05 Å². The van der Waals surface area contributed by atoms with Gasteiger partial charge in [0.15, 0.2) is 0 Å². The van der Waals surface area contributed by atoms with E-state index in [1.165, 1.54) is 16.8 Å². The number of aliphatic hydroxyl groups is 1. The van der Waals surface area contributed by atoms with E-state index in [-0.39, 0.29) is 12.2 Å². The Labute approximate surface area is 125 Å². The summed E-state index contributed by atoms with van der Waals surface area (Å²) in [6.07, 6.45) is -0.636. The Morgan fingerprint density at radius 1 is 1.43 bits per heavy atom. The smallest absolute Gasteiger partial charge is 0.387 e. The first-order chi connectivity index (χ1) is 9.88. The van der Waals surface area contributed by atoms with E-state index in [9.17, 15) is 13.9 Å². The van der Waals surface area contributed by atoms with Crippen LogP contribution in [0.15, 0.2) is 24.3 Å². The number of hydrogen-bond acceptors (Lipinski definition) is 3. The van der Waals surface area contributed by atoms with E-state index in [0.717, 1.165) is 11.3 Å². The topological polar surface area (TPSA) is 47.3 Å². The van der Waals surface area contributed by atoms with Crippen molar-refractivity contribution in [3.63, 3.8) is 0 Å². The van der Waals surface area contributed by atoms with E-state index >= 15 is 0 Å². The number of ether oxygens (including phenoxy) is 1. The van der Waals surface area contributed by atoms with E-state index in [1.54, 1.807) is 26.1 Å². The molecule has 1 aromatic carbocycles. The number of hydrogen-bond donors (Lipinski definition) is 1. The van der Waals surface area contributed by atoms with Gasteiger partial charge >= 0.3 is 6.61 Å². The van der Waals surface area contributed by atoms with Crippen molar-refractivity contribution in [1.82, 2.24) is 9.78 Å². The van der Waals surface area contributed by atoms with Gasteiger partial charge in [0, 0.05) is 19.0 Å². The molecule has 21 heavy (non-hydrogen) atoms. The molecule has 2 aromatic rings. The zero-order chi connectivity index (χ0) is 15.6. The lowest BCUT2D eigenvalue weighted by atomic mass is 10.0. The van der Waals surface area contributed by atoms with Crippen LogP contribution in [0.3, 0.4) is 0 Å². The Kier molecular flexibility index (Phi) is 4.80. The van der Waals surface area contributed by atoms with Crippen LogP contribution in [0.2, 0.25) is 5.15 Å². The molecule has 114 valence electrons. The highest BCUT2D eigenvalue weighted by Crippen LogP contribution is 2.27. The largest absolute Gasteiger partial charge is 0.435 e. The summed E-state index contributed by atoms with van der Waals surface area (Å²) in [5.74, 6) is 0.00977. The Bertz CT molecular complexity index is 631. The number of rotatable bonds is 5. The van der Waals surface area contributed by atoms with Crippen molar-refractivity contribution in [2.75, 3.05) is 0 Å². The van der Waals surface area contributed by atoms with Gasteiger partial charge in [0.25, 0.3) is 0 Å². The summed E-state index contributed by atoms with van der Waals surface area (Å²) in [5, 5.41) is 14.9. The fraction of sp³-hybridized carbons (Fsp3) is 0.357. The molecule has 0 aliphatic heterocycles. The van der Waals surface area contributed by atoms with Crippen molar-refractivity contribution in [1.29, 1.82) is 0 Å². The lowest BCUT2D eigenvalue weighted by Crippen LogP contribution is -2.05. The Balaban J connectivity index is 2.18. The maximum absolute atomic E-state index is 12.2. The maximum atomic E-state index is 12.2. The van der Waals surface area contributed by atoms with Crippen molar-refractivity contribution < 1.29 is 18.6 Å². The van der Waals surface area contributed by atoms with Gasteiger partial charge in [-0.3, -0.25) is 4.68 Å². The van der Waals surface area contributed by atoms with Crippen LogP contribution in [0.25, 0.3) is 0 Å². The fourth-order valence-corrected chi connectivity index (χ4v) is 2.37. The van der Waals surface area contributed by atoms with Gasteiger partial charge in [0.1, 0.15) is 10.9 Å². The minimum atomic E-state index is -2.90. The van der Waals surface area contributed by atoms with Crippen LogP contribution in [0, 0.1) is 6.92 Å². The Hall–Kier alpha value is -1.66. The van der Waals surface area contributed by atoms with Gasteiger partial charge < -0.3 is 9.84 Å². The molecular formula is C14H15ClF2N2O2. The van der Waals surface area contributed by atoms with E-state index in [4.69, 9.17) is 11.6 Å². The van der Waals surface area contributed by atoms with Gasteiger partial charge in [-0.2, -0.15) is 13.9 Å². The number of aromatic nitrogens is 2. The van der Waals surface area contributed by atoms with Crippen molar-refractivity contribution in [2.45, 2.75) is 26.1 Å². The summed E-state index contributed by atoms with van der Waals surface area (Å²) in [5.41, 5.74) is 1.93. The summed E-state index contributed by atoms with van der Waals surface area (Å²) in [4.78, 5) is 0. The number of benzene rings is 1. The lowest BCUT2D eigenvalue weighted by molar-refractivity contribution is -0.0499. The van der Waals surface area contributed by atoms with E-state index in [0.29, 0.717) is 10.7 Å². The molecule has 0 spiro atoms. The summed E-state index contributed by atoms with van der Waals surface area (Å²) < 4.78 is 30.2. The molecule has 0 bridgehead atoms. The average molecular weight is 317 g/mol. The normalized spacial score (nSPS) is 12.7. The molecule has 1 N–H and O–H groups in total. The van der Waals surface area contributed by atoms with Crippen LogP contribution < -0.4 is 4.74 Å². The standard InChI is InChI=1S/C14H15ClF2N2O2/c1-8-11(13(15)19(2)18-8)7-12(20)9-4-3-5-10(6-9)21-14(16)17/h3-6,12,14,20H,7H2,1-2H3. The van der Waals surface area contributed by atoms with Gasteiger partial charge in [-0.1, -0.05) is 23.7 Å². The molecule has 1 atom stereocenters.